The fraction of sp³-hybridized carbons (Fsp3) is 0.500. The Morgan fingerprint density at radius 2 is 2.14 bits per heavy atom. The van der Waals surface area contributed by atoms with Gasteiger partial charge in [0.2, 0.25) is 0 Å². The van der Waals surface area contributed by atoms with Gasteiger partial charge in [-0.25, -0.2) is 4.99 Å². The zero-order valence-corrected chi connectivity index (χ0v) is 13.8. The molecular weight excluding hydrogens is 274 g/mol. The van der Waals surface area contributed by atoms with Crippen molar-refractivity contribution in [2.75, 3.05) is 13.1 Å². The Balaban J connectivity index is 1.85. The monoisotopic (exact) mass is 301 g/mol. The minimum atomic E-state index is 0.0407. The third-order valence-electron chi connectivity index (χ3n) is 3.53. The van der Waals surface area contributed by atoms with E-state index in [2.05, 4.69) is 47.7 Å². The molecule has 1 aliphatic carbocycles. The average Bonchev–Trinajstić information content (AvgIpc) is 2.98. The Morgan fingerprint density at radius 1 is 1.36 bits per heavy atom. The van der Waals surface area contributed by atoms with E-state index in [1.54, 1.807) is 0 Å². The normalized spacial score (nSPS) is 16.6. The Labute approximate surface area is 133 Å². The van der Waals surface area contributed by atoms with Gasteiger partial charge in [-0.05, 0) is 51.3 Å². The first-order valence-electron chi connectivity index (χ1n) is 8.10. The molecule has 0 amide bonds. The van der Waals surface area contributed by atoms with Gasteiger partial charge in [0.15, 0.2) is 5.96 Å². The Bertz CT molecular complexity index is 517. The first-order valence-corrected chi connectivity index (χ1v) is 8.10. The summed E-state index contributed by atoms with van der Waals surface area (Å²) in [6.45, 7) is 7.68. The molecule has 2 rings (SSSR count). The fourth-order valence-electron chi connectivity index (χ4n) is 2.43. The molecule has 120 valence electrons. The van der Waals surface area contributed by atoms with Crippen molar-refractivity contribution in [2.24, 2.45) is 4.99 Å². The number of aryl methyl sites for hydroxylation is 1. The first-order chi connectivity index (χ1) is 10.7. The van der Waals surface area contributed by atoms with Crippen molar-refractivity contribution in [1.82, 2.24) is 10.6 Å². The molecule has 0 radical (unpaired) electrons. The number of guanidine groups is 1. The molecule has 0 bridgehead atoms. The van der Waals surface area contributed by atoms with Crippen molar-refractivity contribution in [1.29, 1.82) is 0 Å². The highest BCUT2D eigenvalue weighted by Crippen LogP contribution is 2.14. The van der Waals surface area contributed by atoms with Crippen LogP contribution >= 0.6 is 0 Å². The van der Waals surface area contributed by atoms with Crippen molar-refractivity contribution in [3.05, 3.63) is 42.0 Å². The van der Waals surface area contributed by atoms with Gasteiger partial charge in [-0.15, -0.1) is 0 Å². The smallest absolute Gasteiger partial charge is 0.191 e. The van der Waals surface area contributed by atoms with Gasteiger partial charge in [-0.1, -0.05) is 24.3 Å². The number of nitrogens with zero attached hydrogens (tertiary/aromatic N) is 1. The predicted molar refractivity (Wildman–Crippen MR) is 92.5 cm³/mol. The Kier molecular flexibility index (Phi) is 6.31. The van der Waals surface area contributed by atoms with Gasteiger partial charge >= 0.3 is 0 Å². The predicted octanol–water partition coefficient (Wildman–Crippen LogP) is 3.04. The lowest BCUT2D eigenvalue weighted by atomic mass is 10.2. The highest BCUT2D eigenvalue weighted by atomic mass is 16.5. The van der Waals surface area contributed by atoms with Crippen LogP contribution in [0.25, 0.3) is 0 Å². The van der Waals surface area contributed by atoms with Gasteiger partial charge in [0.05, 0.1) is 6.54 Å². The molecule has 0 heterocycles. The molecule has 1 aliphatic rings. The summed E-state index contributed by atoms with van der Waals surface area (Å²) >= 11 is 0. The van der Waals surface area contributed by atoms with Gasteiger partial charge in [0.1, 0.15) is 11.9 Å². The SMILES string of the molecule is CCNC(=NCC(C)Oc1cccc(C)c1)NC1CC=CC1. The lowest BCUT2D eigenvalue weighted by molar-refractivity contribution is 0.230. The number of benzene rings is 1. The van der Waals surface area contributed by atoms with Crippen molar-refractivity contribution in [2.45, 2.75) is 45.8 Å². The lowest BCUT2D eigenvalue weighted by Crippen LogP contribution is -2.43. The van der Waals surface area contributed by atoms with Gasteiger partial charge < -0.3 is 15.4 Å². The maximum atomic E-state index is 5.92. The lowest BCUT2D eigenvalue weighted by Gasteiger charge is -2.18. The molecule has 0 fully saturated rings. The quantitative estimate of drug-likeness (QED) is 0.482. The van der Waals surface area contributed by atoms with Crippen LogP contribution in [0.15, 0.2) is 41.4 Å². The summed E-state index contributed by atoms with van der Waals surface area (Å²) in [5.74, 6) is 1.77. The van der Waals surface area contributed by atoms with E-state index >= 15 is 0 Å². The molecule has 2 N–H and O–H groups in total. The van der Waals surface area contributed by atoms with E-state index in [-0.39, 0.29) is 6.10 Å². The molecule has 0 spiro atoms. The second kappa shape index (κ2) is 8.47. The molecule has 1 aromatic carbocycles. The fourth-order valence-corrected chi connectivity index (χ4v) is 2.43. The Hall–Kier alpha value is -1.97. The average molecular weight is 301 g/mol. The molecule has 4 heteroatoms. The number of ether oxygens (including phenoxy) is 1. The molecule has 22 heavy (non-hydrogen) atoms. The third kappa shape index (κ3) is 5.43. The van der Waals surface area contributed by atoms with Crippen molar-refractivity contribution in [3.63, 3.8) is 0 Å². The molecule has 0 aliphatic heterocycles. The summed E-state index contributed by atoms with van der Waals surface area (Å²) in [5.41, 5.74) is 1.21. The molecule has 1 aromatic rings. The highest BCUT2D eigenvalue weighted by Gasteiger charge is 2.12. The molecule has 0 saturated heterocycles. The van der Waals surface area contributed by atoms with E-state index in [0.29, 0.717) is 12.6 Å². The van der Waals surface area contributed by atoms with Crippen LogP contribution in [0, 0.1) is 6.92 Å². The van der Waals surface area contributed by atoms with Gasteiger partial charge in [0.25, 0.3) is 0 Å². The second-order valence-corrected chi connectivity index (χ2v) is 5.75. The molecule has 0 aromatic heterocycles. The number of hydrogen-bond acceptors (Lipinski definition) is 2. The van der Waals surface area contributed by atoms with Gasteiger partial charge in [-0.3, -0.25) is 0 Å². The van der Waals surface area contributed by atoms with Crippen LogP contribution in [0.2, 0.25) is 0 Å². The second-order valence-electron chi connectivity index (χ2n) is 5.75. The van der Waals surface area contributed by atoms with Gasteiger partial charge in [0, 0.05) is 12.6 Å². The van der Waals surface area contributed by atoms with E-state index in [9.17, 15) is 0 Å². The zero-order valence-electron chi connectivity index (χ0n) is 13.8. The highest BCUT2D eigenvalue weighted by molar-refractivity contribution is 5.80. The number of hydrogen-bond donors (Lipinski definition) is 2. The maximum absolute atomic E-state index is 5.92. The van der Waals surface area contributed by atoms with Crippen LogP contribution in [0.1, 0.15) is 32.3 Å². The standard InChI is InChI=1S/C18H27N3O/c1-4-19-18(21-16-9-5-6-10-16)20-13-15(3)22-17-11-7-8-14(2)12-17/h5-8,11-12,15-16H,4,9-10,13H2,1-3H3,(H2,19,20,21). The van der Waals surface area contributed by atoms with Crippen molar-refractivity contribution in [3.8, 4) is 5.75 Å². The number of nitrogens with one attached hydrogen (secondary N) is 2. The summed E-state index contributed by atoms with van der Waals surface area (Å²) in [6.07, 6.45) is 6.61. The van der Waals surface area contributed by atoms with E-state index in [1.165, 1.54) is 5.56 Å². The van der Waals surface area contributed by atoms with Crippen LogP contribution in [0.3, 0.4) is 0 Å². The van der Waals surface area contributed by atoms with E-state index in [4.69, 9.17) is 4.74 Å². The molecular formula is C18H27N3O. The summed E-state index contributed by atoms with van der Waals surface area (Å²) < 4.78 is 5.92. The van der Waals surface area contributed by atoms with Crippen LogP contribution < -0.4 is 15.4 Å². The summed E-state index contributed by atoms with van der Waals surface area (Å²) in [7, 11) is 0. The number of rotatable bonds is 6. The molecule has 4 nitrogen and oxygen atoms in total. The van der Waals surface area contributed by atoms with Crippen LogP contribution in [-0.4, -0.2) is 31.2 Å². The maximum Gasteiger partial charge on any atom is 0.191 e. The first kappa shape index (κ1) is 16.4. The van der Waals surface area contributed by atoms with E-state index < -0.39 is 0 Å². The summed E-state index contributed by atoms with van der Waals surface area (Å²) in [6, 6.07) is 8.58. The Morgan fingerprint density at radius 3 is 2.82 bits per heavy atom. The summed E-state index contributed by atoms with van der Waals surface area (Å²) in [4.78, 5) is 4.64. The molecule has 1 unspecified atom stereocenters. The largest absolute Gasteiger partial charge is 0.489 e. The summed E-state index contributed by atoms with van der Waals surface area (Å²) in [5, 5.41) is 6.76. The van der Waals surface area contributed by atoms with Crippen molar-refractivity contribution < 1.29 is 4.74 Å². The van der Waals surface area contributed by atoms with E-state index in [1.807, 2.05) is 25.1 Å². The topological polar surface area (TPSA) is 45.7 Å². The van der Waals surface area contributed by atoms with Crippen molar-refractivity contribution >= 4 is 5.96 Å². The van der Waals surface area contributed by atoms with E-state index in [0.717, 1.165) is 31.1 Å². The third-order valence-corrected chi connectivity index (χ3v) is 3.53. The van der Waals surface area contributed by atoms with Crippen LogP contribution in [0.5, 0.6) is 5.75 Å². The minimum absolute atomic E-state index is 0.0407. The molecule has 0 saturated carbocycles. The van der Waals surface area contributed by atoms with Crippen LogP contribution in [0.4, 0.5) is 0 Å². The van der Waals surface area contributed by atoms with Crippen LogP contribution in [-0.2, 0) is 0 Å². The van der Waals surface area contributed by atoms with Gasteiger partial charge in [-0.2, -0.15) is 0 Å². The number of aliphatic imine (C=N–C) groups is 1. The minimum Gasteiger partial charge on any atom is -0.489 e. The molecule has 1 atom stereocenters. The zero-order chi connectivity index (χ0) is 15.8.